The van der Waals surface area contributed by atoms with Crippen molar-refractivity contribution < 1.29 is 9.32 Å². The van der Waals surface area contributed by atoms with E-state index in [9.17, 15) is 4.79 Å². The summed E-state index contributed by atoms with van der Waals surface area (Å²) >= 11 is 0. The second-order valence-corrected chi connectivity index (χ2v) is 5.68. The van der Waals surface area contributed by atoms with Crippen LogP contribution in [-0.2, 0) is 6.54 Å². The van der Waals surface area contributed by atoms with Gasteiger partial charge in [0.25, 0.3) is 5.91 Å². The smallest absolute Gasteiger partial charge is 0.277 e. The highest BCUT2D eigenvalue weighted by Crippen LogP contribution is 2.20. The molecule has 7 nitrogen and oxygen atoms in total. The Labute approximate surface area is 149 Å². The maximum Gasteiger partial charge on any atom is 0.277 e. The van der Waals surface area contributed by atoms with Gasteiger partial charge < -0.3 is 9.84 Å². The first kappa shape index (κ1) is 15.8. The van der Waals surface area contributed by atoms with Crippen LogP contribution in [0.1, 0.15) is 16.1 Å². The summed E-state index contributed by atoms with van der Waals surface area (Å²) in [7, 11) is 0. The minimum Gasteiger partial charge on any atom is -0.355 e. The average Bonchev–Trinajstić information content (AvgIpc) is 3.35. The molecule has 0 aliphatic rings. The van der Waals surface area contributed by atoms with Crippen molar-refractivity contribution in [3.05, 3.63) is 84.6 Å². The molecule has 0 fully saturated rings. The number of hydrogen-bond donors (Lipinski definition) is 1. The van der Waals surface area contributed by atoms with Crippen LogP contribution in [0.15, 0.2) is 77.8 Å². The van der Waals surface area contributed by atoms with Gasteiger partial charge in [-0.15, -0.1) is 0 Å². The van der Waals surface area contributed by atoms with E-state index in [-0.39, 0.29) is 11.6 Å². The Morgan fingerprint density at radius 3 is 2.88 bits per heavy atom. The van der Waals surface area contributed by atoms with Crippen molar-refractivity contribution in [2.75, 3.05) is 5.32 Å². The van der Waals surface area contributed by atoms with Gasteiger partial charge in [-0.25, -0.2) is 0 Å². The minimum atomic E-state index is -0.333. The number of carbonyl (C=O) groups excluding carboxylic acids is 1. The molecule has 0 unspecified atom stereocenters. The number of rotatable bonds is 5. The number of pyridine rings is 1. The molecule has 3 heterocycles. The van der Waals surface area contributed by atoms with Crippen LogP contribution in [0.3, 0.4) is 0 Å². The third-order valence-corrected chi connectivity index (χ3v) is 3.78. The highest BCUT2D eigenvalue weighted by Gasteiger charge is 2.14. The van der Waals surface area contributed by atoms with Gasteiger partial charge in [-0.2, -0.15) is 5.10 Å². The summed E-state index contributed by atoms with van der Waals surface area (Å²) in [5, 5.41) is 10.9. The first-order valence-corrected chi connectivity index (χ1v) is 8.03. The summed E-state index contributed by atoms with van der Waals surface area (Å²) in [5.41, 5.74) is 2.69. The molecule has 0 bridgehead atoms. The standard InChI is InChI=1S/C19H15N5O2/c25-19(17-11-18(26-23-17)15-5-2-7-20-12-15)22-16-6-1-4-14(10-16)13-24-9-3-8-21-24/h1-12H,13H2,(H,22,25). The number of nitrogens with one attached hydrogen (secondary N) is 1. The largest absolute Gasteiger partial charge is 0.355 e. The van der Waals surface area contributed by atoms with Gasteiger partial charge in [-0.3, -0.25) is 14.5 Å². The molecule has 1 amide bonds. The molecule has 1 N–H and O–H groups in total. The molecule has 128 valence electrons. The van der Waals surface area contributed by atoms with Crippen LogP contribution >= 0.6 is 0 Å². The molecule has 4 rings (SSSR count). The molecule has 3 aromatic heterocycles. The molecule has 0 atom stereocenters. The van der Waals surface area contributed by atoms with Gasteiger partial charge in [0.05, 0.1) is 6.54 Å². The first-order valence-electron chi connectivity index (χ1n) is 8.03. The molecule has 0 aliphatic carbocycles. The molecule has 1 aromatic carbocycles. The molecular weight excluding hydrogens is 330 g/mol. The summed E-state index contributed by atoms with van der Waals surface area (Å²) in [6.07, 6.45) is 6.95. The quantitative estimate of drug-likeness (QED) is 0.600. The summed E-state index contributed by atoms with van der Waals surface area (Å²) < 4.78 is 7.06. The summed E-state index contributed by atoms with van der Waals surface area (Å²) in [5.74, 6) is 0.163. The van der Waals surface area contributed by atoms with Crippen LogP contribution in [0.25, 0.3) is 11.3 Å². The van der Waals surface area contributed by atoms with Crippen molar-refractivity contribution in [1.29, 1.82) is 0 Å². The molecule has 26 heavy (non-hydrogen) atoms. The Balaban J connectivity index is 1.47. The van der Waals surface area contributed by atoms with Crippen LogP contribution in [-0.4, -0.2) is 25.8 Å². The second kappa shape index (κ2) is 7.02. The molecule has 0 saturated heterocycles. The van der Waals surface area contributed by atoms with Gasteiger partial charge in [-0.1, -0.05) is 17.3 Å². The Kier molecular flexibility index (Phi) is 4.26. The van der Waals surface area contributed by atoms with E-state index in [1.54, 1.807) is 30.7 Å². The summed E-state index contributed by atoms with van der Waals surface area (Å²) in [4.78, 5) is 16.4. The lowest BCUT2D eigenvalue weighted by Crippen LogP contribution is -2.12. The third kappa shape index (κ3) is 3.51. The fourth-order valence-electron chi connectivity index (χ4n) is 2.55. The molecule has 0 saturated carbocycles. The SMILES string of the molecule is O=C(Nc1cccc(Cn2cccn2)c1)c1cc(-c2cccnc2)on1. The van der Waals surface area contributed by atoms with Gasteiger partial charge >= 0.3 is 0 Å². The van der Waals surface area contributed by atoms with Crippen molar-refractivity contribution in [2.24, 2.45) is 0 Å². The lowest BCUT2D eigenvalue weighted by Gasteiger charge is -2.06. The molecular formula is C19H15N5O2. The average molecular weight is 345 g/mol. The molecule has 4 aromatic rings. The van der Waals surface area contributed by atoms with E-state index in [0.29, 0.717) is 18.0 Å². The maximum absolute atomic E-state index is 12.4. The highest BCUT2D eigenvalue weighted by molar-refractivity contribution is 6.03. The lowest BCUT2D eigenvalue weighted by atomic mass is 10.2. The van der Waals surface area contributed by atoms with Crippen molar-refractivity contribution in [2.45, 2.75) is 6.54 Å². The van der Waals surface area contributed by atoms with Crippen molar-refractivity contribution >= 4 is 11.6 Å². The Morgan fingerprint density at radius 2 is 2.08 bits per heavy atom. The van der Waals surface area contributed by atoms with E-state index in [1.165, 1.54) is 0 Å². The topological polar surface area (TPSA) is 85.8 Å². The first-order chi connectivity index (χ1) is 12.8. The van der Waals surface area contributed by atoms with E-state index < -0.39 is 0 Å². The van der Waals surface area contributed by atoms with Gasteiger partial charge in [0.1, 0.15) is 0 Å². The van der Waals surface area contributed by atoms with Crippen molar-refractivity contribution in [3.8, 4) is 11.3 Å². The fraction of sp³-hybridized carbons (Fsp3) is 0.0526. The number of amides is 1. The maximum atomic E-state index is 12.4. The predicted octanol–water partition coefficient (Wildman–Crippen LogP) is 3.23. The van der Waals surface area contributed by atoms with Gasteiger partial charge in [0.2, 0.25) is 0 Å². The Hall–Kier alpha value is -3.74. The zero-order valence-electron chi connectivity index (χ0n) is 13.7. The van der Waals surface area contributed by atoms with Crippen LogP contribution in [0.4, 0.5) is 5.69 Å². The predicted molar refractivity (Wildman–Crippen MR) is 95.5 cm³/mol. The zero-order chi connectivity index (χ0) is 17.8. The Bertz CT molecular complexity index is 1010. The number of nitrogens with zero attached hydrogens (tertiary/aromatic N) is 4. The van der Waals surface area contributed by atoms with E-state index in [0.717, 1.165) is 11.1 Å². The van der Waals surface area contributed by atoms with Crippen LogP contribution in [0, 0.1) is 0 Å². The third-order valence-electron chi connectivity index (χ3n) is 3.78. The van der Waals surface area contributed by atoms with E-state index in [2.05, 4.69) is 20.6 Å². The van der Waals surface area contributed by atoms with Crippen molar-refractivity contribution in [3.63, 3.8) is 0 Å². The Morgan fingerprint density at radius 1 is 1.12 bits per heavy atom. The second-order valence-electron chi connectivity index (χ2n) is 5.68. The molecule has 7 heteroatoms. The van der Waals surface area contributed by atoms with Gasteiger partial charge in [-0.05, 0) is 35.9 Å². The molecule has 0 aliphatic heterocycles. The summed E-state index contributed by atoms with van der Waals surface area (Å²) in [6, 6.07) is 14.7. The normalized spacial score (nSPS) is 10.6. The van der Waals surface area contributed by atoms with Gasteiger partial charge in [0.15, 0.2) is 11.5 Å². The monoisotopic (exact) mass is 345 g/mol. The van der Waals surface area contributed by atoms with E-state index in [4.69, 9.17) is 4.52 Å². The summed E-state index contributed by atoms with van der Waals surface area (Å²) in [6.45, 7) is 0.631. The fourth-order valence-corrected chi connectivity index (χ4v) is 2.55. The minimum absolute atomic E-state index is 0.210. The number of hydrogen-bond acceptors (Lipinski definition) is 5. The van der Waals surface area contributed by atoms with Crippen LogP contribution in [0.2, 0.25) is 0 Å². The molecule has 0 spiro atoms. The van der Waals surface area contributed by atoms with Crippen LogP contribution < -0.4 is 5.32 Å². The number of carbonyl (C=O) groups is 1. The van der Waals surface area contributed by atoms with Crippen LogP contribution in [0.5, 0.6) is 0 Å². The highest BCUT2D eigenvalue weighted by atomic mass is 16.5. The zero-order valence-corrected chi connectivity index (χ0v) is 13.7. The molecule has 0 radical (unpaired) electrons. The van der Waals surface area contributed by atoms with Crippen molar-refractivity contribution in [1.82, 2.24) is 19.9 Å². The number of anilines is 1. The number of benzene rings is 1. The van der Waals surface area contributed by atoms with E-state index in [1.807, 2.05) is 47.3 Å². The lowest BCUT2D eigenvalue weighted by molar-refractivity contribution is 0.101. The van der Waals surface area contributed by atoms with E-state index >= 15 is 0 Å². The number of aromatic nitrogens is 4. The van der Waals surface area contributed by atoms with Gasteiger partial charge in [0, 0.05) is 42.1 Å².